The van der Waals surface area contributed by atoms with Gasteiger partial charge in [0.25, 0.3) is 0 Å². The van der Waals surface area contributed by atoms with E-state index in [0.29, 0.717) is 5.92 Å². The standard InChI is InChI=1S/C14H20O/c1-11-6-8-13(9-7-11)14(15)10-4-3-5-12(14)2/h6-9,12,15H,3-5,10H2,1-2H3/t12-,14-/m1/s1. The van der Waals surface area contributed by atoms with Crippen LogP contribution in [-0.4, -0.2) is 5.11 Å². The minimum absolute atomic E-state index is 0.383. The first-order chi connectivity index (χ1) is 7.13. The molecule has 0 amide bonds. The predicted octanol–water partition coefficient (Wildman–Crippen LogP) is 3.39. The average molecular weight is 204 g/mol. The summed E-state index contributed by atoms with van der Waals surface area (Å²) in [5, 5.41) is 10.7. The van der Waals surface area contributed by atoms with E-state index in [0.717, 1.165) is 24.8 Å². The molecule has 0 bridgehead atoms. The van der Waals surface area contributed by atoms with E-state index in [1.54, 1.807) is 0 Å². The first-order valence-corrected chi connectivity index (χ1v) is 5.92. The summed E-state index contributed by atoms with van der Waals surface area (Å²) < 4.78 is 0. The highest BCUT2D eigenvalue weighted by Gasteiger charge is 2.37. The van der Waals surface area contributed by atoms with Crippen molar-refractivity contribution in [2.24, 2.45) is 5.92 Å². The van der Waals surface area contributed by atoms with E-state index in [2.05, 4.69) is 38.1 Å². The molecule has 2 rings (SSSR count). The van der Waals surface area contributed by atoms with Crippen LogP contribution in [0.5, 0.6) is 0 Å². The van der Waals surface area contributed by atoms with Gasteiger partial charge < -0.3 is 5.11 Å². The molecule has 1 fully saturated rings. The van der Waals surface area contributed by atoms with Gasteiger partial charge in [-0.25, -0.2) is 0 Å². The van der Waals surface area contributed by atoms with E-state index in [1.807, 2.05) is 0 Å². The van der Waals surface area contributed by atoms with E-state index in [9.17, 15) is 5.11 Å². The van der Waals surface area contributed by atoms with E-state index in [-0.39, 0.29) is 0 Å². The molecule has 1 aliphatic carbocycles. The highest BCUT2D eigenvalue weighted by Crippen LogP contribution is 2.41. The SMILES string of the molecule is Cc1ccc([C@@]2(O)CCCC[C@H]2C)cc1. The molecule has 0 saturated heterocycles. The number of hydrogen-bond donors (Lipinski definition) is 1. The Morgan fingerprint density at radius 1 is 1.20 bits per heavy atom. The van der Waals surface area contributed by atoms with Crippen LogP contribution in [0.15, 0.2) is 24.3 Å². The Balaban J connectivity index is 2.30. The number of benzene rings is 1. The van der Waals surface area contributed by atoms with Gasteiger partial charge in [-0.2, -0.15) is 0 Å². The normalized spacial score (nSPS) is 31.5. The van der Waals surface area contributed by atoms with Crippen molar-refractivity contribution in [1.29, 1.82) is 0 Å². The van der Waals surface area contributed by atoms with Gasteiger partial charge in [0.15, 0.2) is 0 Å². The Morgan fingerprint density at radius 3 is 2.47 bits per heavy atom. The summed E-state index contributed by atoms with van der Waals surface area (Å²) >= 11 is 0. The zero-order chi connectivity index (χ0) is 10.9. The number of hydrogen-bond acceptors (Lipinski definition) is 1. The molecule has 82 valence electrons. The van der Waals surface area contributed by atoms with Crippen LogP contribution in [0.2, 0.25) is 0 Å². The average Bonchev–Trinajstić information content (AvgIpc) is 2.23. The molecule has 0 radical (unpaired) electrons. The van der Waals surface area contributed by atoms with Crippen molar-refractivity contribution in [3.05, 3.63) is 35.4 Å². The second-order valence-electron chi connectivity index (χ2n) is 4.94. The second-order valence-corrected chi connectivity index (χ2v) is 4.94. The van der Waals surface area contributed by atoms with Crippen LogP contribution in [-0.2, 0) is 5.60 Å². The largest absolute Gasteiger partial charge is 0.385 e. The molecule has 2 atom stereocenters. The third-order valence-electron chi connectivity index (χ3n) is 3.81. The molecule has 0 heterocycles. The summed E-state index contributed by atoms with van der Waals surface area (Å²) in [5.74, 6) is 0.383. The summed E-state index contributed by atoms with van der Waals surface area (Å²) in [4.78, 5) is 0. The summed E-state index contributed by atoms with van der Waals surface area (Å²) in [6.45, 7) is 4.25. The fraction of sp³-hybridized carbons (Fsp3) is 0.571. The minimum atomic E-state index is -0.577. The molecule has 15 heavy (non-hydrogen) atoms. The van der Waals surface area contributed by atoms with Gasteiger partial charge in [-0.3, -0.25) is 0 Å². The van der Waals surface area contributed by atoms with Gasteiger partial charge in [0.2, 0.25) is 0 Å². The van der Waals surface area contributed by atoms with Crippen LogP contribution in [0, 0.1) is 12.8 Å². The summed E-state index contributed by atoms with van der Waals surface area (Å²) in [5.41, 5.74) is 1.78. The second kappa shape index (κ2) is 3.97. The molecule has 1 aromatic rings. The highest BCUT2D eigenvalue weighted by molar-refractivity contribution is 5.27. The van der Waals surface area contributed by atoms with Gasteiger partial charge in [-0.05, 0) is 31.2 Å². The number of aliphatic hydroxyl groups is 1. The van der Waals surface area contributed by atoms with E-state index < -0.39 is 5.60 Å². The Labute approximate surface area is 92.1 Å². The lowest BCUT2D eigenvalue weighted by molar-refractivity contribution is -0.0469. The zero-order valence-corrected chi connectivity index (χ0v) is 9.66. The van der Waals surface area contributed by atoms with Crippen molar-refractivity contribution in [1.82, 2.24) is 0 Å². The third-order valence-corrected chi connectivity index (χ3v) is 3.81. The van der Waals surface area contributed by atoms with E-state index in [1.165, 1.54) is 12.0 Å². The van der Waals surface area contributed by atoms with Gasteiger partial charge in [0.1, 0.15) is 0 Å². The van der Waals surface area contributed by atoms with Crippen molar-refractivity contribution >= 4 is 0 Å². The lowest BCUT2D eigenvalue weighted by Gasteiger charge is -2.38. The summed E-state index contributed by atoms with van der Waals surface area (Å²) in [6, 6.07) is 8.34. The highest BCUT2D eigenvalue weighted by atomic mass is 16.3. The van der Waals surface area contributed by atoms with Crippen LogP contribution in [0.3, 0.4) is 0 Å². The molecule has 0 spiro atoms. The molecule has 1 aliphatic rings. The first-order valence-electron chi connectivity index (χ1n) is 5.92. The fourth-order valence-corrected chi connectivity index (χ4v) is 2.60. The van der Waals surface area contributed by atoms with Gasteiger partial charge >= 0.3 is 0 Å². The van der Waals surface area contributed by atoms with E-state index >= 15 is 0 Å². The Morgan fingerprint density at radius 2 is 1.87 bits per heavy atom. The molecular weight excluding hydrogens is 184 g/mol. The Hall–Kier alpha value is -0.820. The molecular formula is C14H20O. The summed E-state index contributed by atoms with van der Waals surface area (Å²) in [6.07, 6.45) is 4.46. The van der Waals surface area contributed by atoms with Crippen molar-refractivity contribution in [3.63, 3.8) is 0 Å². The van der Waals surface area contributed by atoms with Crippen molar-refractivity contribution in [3.8, 4) is 0 Å². The third kappa shape index (κ3) is 1.93. The number of aryl methyl sites for hydroxylation is 1. The lowest BCUT2D eigenvalue weighted by Crippen LogP contribution is -2.36. The molecule has 0 unspecified atom stereocenters. The van der Waals surface area contributed by atoms with Crippen LogP contribution < -0.4 is 0 Å². The van der Waals surface area contributed by atoms with Crippen LogP contribution in [0.4, 0.5) is 0 Å². The molecule has 1 aromatic carbocycles. The maximum atomic E-state index is 10.7. The van der Waals surface area contributed by atoms with Crippen molar-refractivity contribution in [2.45, 2.75) is 45.1 Å². The Bertz CT molecular complexity index is 328. The monoisotopic (exact) mass is 204 g/mol. The van der Waals surface area contributed by atoms with Crippen LogP contribution >= 0.6 is 0 Å². The Kier molecular flexibility index (Phi) is 2.83. The van der Waals surface area contributed by atoms with Gasteiger partial charge in [0, 0.05) is 0 Å². The predicted molar refractivity (Wildman–Crippen MR) is 62.7 cm³/mol. The minimum Gasteiger partial charge on any atom is -0.385 e. The van der Waals surface area contributed by atoms with Crippen molar-refractivity contribution < 1.29 is 5.11 Å². The lowest BCUT2D eigenvalue weighted by atomic mass is 9.72. The quantitative estimate of drug-likeness (QED) is 0.743. The molecule has 1 saturated carbocycles. The maximum absolute atomic E-state index is 10.7. The molecule has 1 nitrogen and oxygen atoms in total. The van der Waals surface area contributed by atoms with Crippen molar-refractivity contribution in [2.75, 3.05) is 0 Å². The molecule has 1 N–H and O–H groups in total. The van der Waals surface area contributed by atoms with Gasteiger partial charge in [-0.1, -0.05) is 49.6 Å². The fourth-order valence-electron chi connectivity index (χ4n) is 2.60. The van der Waals surface area contributed by atoms with Crippen LogP contribution in [0.25, 0.3) is 0 Å². The zero-order valence-electron chi connectivity index (χ0n) is 9.66. The first kappa shape index (κ1) is 10.7. The molecule has 0 aliphatic heterocycles. The maximum Gasteiger partial charge on any atom is 0.0921 e. The van der Waals surface area contributed by atoms with Gasteiger partial charge in [-0.15, -0.1) is 0 Å². The number of rotatable bonds is 1. The van der Waals surface area contributed by atoms with E-state index in [4.69, 9.17) is 0 Å². The summed E-state index contributed by atoms with van der Waals surface area (Å²) in [7, 11) is 0. The molecule has 1 heteroatoms. The smallest absolute Gasteiger partial charge is 0.0921 e. The van der Waals surface area contributed by atoms with Crippen LogP contribution in [0.1, 0.15) is 43.7 Å². The topological polar surface area (TPSA) is 20.2 Å². The van der Waals surface area contributed by atoms with Gasteiger partial charge in [0.05, 0.1) is 5.60 Å². The molecule has 0 aromatic heterocycles.